The lowest BCUT2D eigenvalue weighted by Gasteiger charge is -2.00. The predicted molar refractivity (Wildman–Crippen MR) is 94.0 cm³/mol. The molecule has 3 aromatic heterocycles. The Hall–Kier alpha value is -2.66. The van der Waals surface area contributed by atoms with Crippen LogP contribution in [0.15, 0.2) is 37.7 Å². The number of carbonyl (C=O) groups is 2. The van der Waals surface area contributed by atoms with Crippen LogP contribution in [0.1, 0.15) is 23.3 Å². The van der Waals surface area contributed by atoms with E-state index in [0.29, 0.717) is 27.0 Å². The standard InChI is InChI=1S/C15H13N5O4S2/c21-12(16-8-3-4-8)7-25-15-19-18-14(26-15)17-13(22)9-6-11(24-20-9)10-2-1-5-23-10/h1-2,5-6,8H,3-4,7H2,(H,16,21)(H,17,18,22). The van der Waals surface area contributed by atoms with Crippen molar-refractivity contribution in [2.45, 2.75) is 23.2 Å². The van der Waals surface area contributed by atoms with Crippen molar-refractivity contribution < 1.29 is 18.5 Å². The Morgan fingerprint density at radius 2 is 2.19 bits per heavy atom. The predicted octanol–water partition coefficient (Wildman–Crippen LogP) is 2.41. The molecule has 11 heteroatoms. The number of anilines is 1. The molecule has 9 nitrogen and oxygen atoms in total. The van der Waals surface area contributed by atoms with E-state index in [2.05, 4.69) is 26.0 Å². The minimum Gasteiger partial charge on any atom is -0.461 e. The summed E-state index contributed by atoms with van der Waals surface area (Å²) in [5.74, 6) is 0.623. The lowest BCUT2D eigenvalue weighted by Crippen LogP contribution is -2.26. The molecule has 26 heavy (non-hydrogen) atoms. The summed E-state index contributed by atoms with van der Waals surface area (Å²) in [5, 5.41) is 17.4. The molecule has 0 unspecified atom stereocenters. The van der Waals surface area contributed by atoms with Crippen molar-refractivity contribution in [1.29, 1.82) is 0 Å². The zero-order chi connectivity index (χ0) is 17.9. The quantitative estimate of drug-likeness (QED) is 0.465. The van der Waals surface area contributed by atoms with Gasteiger partial charge in [-0.2, -0.15) is 0 Å². The minimum atomic E-state index is -0.467. The molecule has 0 radical (unpaired) electrons. The molecule has 0 spiro atoms. The van der Waals surface area contributed by atoms with Gasteiger partial charge in [0.2, 0.25) is 16.8 Å². The van der Waals surface area contributed by atoms with Gasteiger partial charge in [0.05, 0.1) is 12.0 Å². The van der Waals surface area contributed by atoms with Gasteiger partial charge in [-0.1, -0.05) is 28.3 Å². The second-order valence-electron chi connectivity index (χ2n) is 5.51. The van der Waals surface area contributed by atoms with Crippen LogP contribution in [0, 0.1) is 0 Å². The molecule has 1 fully saturated rings. The van der Waals surface area contributed by atoms with Crippen molar-refractivity contribution in [1.82, 2.24) is 20.7 Å². The number of aromatic nitrogens is 3. The average molecular weight is 391 g/mol. The van der Waals surface area contributed by atoms with Gasteiger partial charge in [-0.05, 0) is 25.0 Å². The Morgan fingerprint density at radius 1 is 1.31 bits per heavy atom. The normalized spacial score (nSPS) is 13.5. The van der Waals surface area contributed by atoms with E-state index < -0.39 is 5.91 Å². The zero-order valence-electron chi connectivity index (χ0n) is 13.3. The topological polar surface area (TPSA) is 123 Å². The fourth-order valence-corrected chi connectivity index (χ4v) is 3.58. The van der Waals surface area contributed by atoms with Crippen LogP contribution >= 0.6 is 23.1 Å². The van der Waals surface area contributed by atoms with Crippen LogP contribution in [-0.2, 0) is 4.79 Å². The highest BCUT2D eigenvalue weighted by Gasteiger charge is 2.23. The summed E-state index contributed by atoms with van der Waals surface area (Å²) in [7, 11) is 0. The lowest BCUT2D eigenvalue weighted by atomic mass is 10.3. The van der Waals surface area contributed by atoms with Crippen molar-refractivity contribution in [3.8, 4) is 11.5 Å². The van der Waals surface area contributed by atoms with E-state index in [1.165, 1.54) is 35.4 Å². The van der Waals surface area contributed by atoms with Crippen molar-refractivity contribution in [3.63, 3.8) is 0 Å². The molecule has 0 aliphatic heterocycles. The van der Waals surface area contributed by atoms with Gasteiger partial charge in [-0.3, -0.25) is 14.9 Å². The number of nitrogens with zero attached hydrogens (tertiary/aromatic N) is 3. The number of hydrogen-bond donors (Lipinski definition) is 2. The Labute approximate surface area is 155 Å². The third kappa shape index (κ3) is 4.11. The maximum atomic E-state index is 12.2. The minimum absolute atomic E-state index is 0.0219. The molecule has 3 aromatic rings. The van der Waals surface area contributed by atoms with Crippen molar-refractivity contribution in [3.05, 3.63) is 30.2 Å². The van der Waals surface area contributed by atoms with E-state index in [0.717, 1.165) is 12.8 Å². The summed E-state index contributed by atoms with van der Waals surface area (Å²) in [6, 6.07) is 5.23. The van der Waals surface area contributed by atoms with Crippen LogP contribution in [0.2, 0.25) is 0 Å². The van der Waals surface area contributed by atoms with E-state index in [9.17, 15) is 9.59 Å². The number of hydrogen-bond acceptors (Lipinski definition) is 9. The number of rotatable bonds is 7. The summed E-state index contributed by atoms with van der Waals surface area (Å²) < 4.78 is 10.9. The summed E-state index contributed by atoms with van der Waals surface area (Å²) in [5.41, 5.74) is 0.101. The summed E-state index contributed by atoms with van der Waals surface area (Å²) in [6.07, 6.45) is 3.60. The molecule has 0 aromatic carbocycles. The molecule has 1 aliphatic rings. The first-order chi connectivity index (χ1) is 12.7. The molecule has 3 heterocycles. The second-order valence-corrected chi connectivity index (χ2v) is 7.71. The summed E-state index contributed by atoms with van der Waals surface area (Å²) in [4.78, 5) is 23.9. The first kappa shape index (κ1) is 16.8. The fourth-order valence-electron chi connectivity index (χ4n) is 2.02. The van der Waals surface area contributed by atoms with Crippen LogP contribution in [-0.4, -0.2) is 39.0 Å². The van der Waals surface area contributed by atoms with Crippen LogP contribution in [0.4, 0.5) is 5.13 Å². The van der Waals surface area contributed by atoms with Crippen molar-refractivity contribution in [2.24, 2.45) is 0 Å². The maximum absolute atomic E-state index is 12.2. The van der Waals surface area contributed by atoms with Gasteiger partial charge in [0, 0.05) is 12.1 Å². The highest BCUT2D eigenvalue weighted by Crippen LogP contribution is 2.27. The fraction of sp³-hybridized carbons (Fsp3) is 0.267. The smallest absolute Gasteiger partial charge is 0.279 e. The molecule has 2 amide bonds. The van der Waals surface area contributed by atoms with E-state index in [1.54, 1.807) is 12.1 Å². The van der Waals surface area contributed by atoms with Gasteiger partial charge >= 0.3 is 0 Å². The number of nitrogens with one attached hydrogen (secondary N) is 2. The van der Waals surface area contributed by atoms with E-state index in [-0.39, 0.29) is 17.4 Å². The SMILES string of the molecule is O=C(CSc1nnc(NC(=O)c2cc(-c3ccco3)on2)s1)NC1CC1. The first-order valence-corrected chi connectivity index (χ1v) is 9.55. The van der Waals surface area contributed by atoms with E-state index in [1.807, 2.05) is 0 Å². The molecule has 2 N–H and O–H groups in total. The average Bonchev–Trinajstić information content (AvgIpc) is 3.08. The van der Waals surface area contributed by atoms with E-state index >= 15 is 0 Å². The monoisotopic (exact) mass is 391 g/mol. The first-order valence-electron chi connectivity index (χ1n) is 7.75. The highest BCUT2D eigenvalue weighted by atomic mass is 32.2. The zero-order valence-corrected chi connectivity index (χ0v) is 14.9. The van der Waals surface area contributed by atoms with Gasteiger partial charge in [0.25, 0.3) is 5.91 Å². The van der Waals surface area contributed by atoms with Gasteiger partial charge in [0.15, 0.2) is 15.8 Å². The lowest BCUT2D eigenvalue weighted by molar-refractivity contribution is -0.118. The van der Waals surface area contributed by atoms with Crippen LogP contribution in [0.5, 0.6) is 0 Å². The molecular weight excluding hydrogens is 378 g/mol. The van der Waals surface area contributed by atoms with Crippen molar-refractivity contribution >= 4 is 40.0 Å². The summed E-state index contributed by atoms with van der Waals surface area (Å²) in [6.45, 7) is 0. The van der Waals surface area contributed by atoms with E-state index in [4.69, 9.17) is 8.94 Å². The Balaban J connectivity index is 1.31. The van der Waals surface area contributed by atoms with Gasteiger partial charge in [-0.25, -0.2) is 0 Å². The number of amides is 2. The Morgan fingerprint density at radius 3 is 2.96 bits per heavy atom. The van der Waals surface area contributed by atoms with Gasteiger partial charge in [0.1, 0.15) is 0 Å². The molecule has 4 rings (SSSR count). The second kappa shape index (κ2) is 7.30. The Kier molecular flexibility index (Phi) is 4.71. The van der Waals surface area contributed by atoms with Crippen LogP contribution < -0.4 is 10.6 Å². The van der Waals surface area contributed by atoms with Crippen LogP contribution in [0.3, 0.4) is 0 Å². The third-order valence-corrected chi connectivity index (χ3v) is 5.37. The van der Waals surface area contributed by atoms with Gasteiger partial charge in [-0.15, -0.1) is 10.2 Å². The molecule has 1 aliphatic carbocycles. The van der Waals surface area contributed by atoms with Gasteiger partial charge < -0.3 is 14.3 Å². The molecule has 134 valence electrons. The van der Waals surface area contributed by atoms with Crippen molar-refractivity contribution in [2.75, 3.05) is 11.1 Å². The Bertz CT molecular complexity index is 916. The molecule has 0 bridgehead atoms. The highest BCUT2D eigenvalue weighted by molar-refractivity contribution is 8.01. The molecule has 1 saturated carbocycles. The molecule has 0 atom stereocenters. The molecular formula is C15H13N5O4S2. The molecule has 0 saturated heterocycles. The summed E-state index contributed by atoms with van der Waals surface area (Å²) >= 11 is 2.47. The number of carbonyl (C=O) groups excluding carboxylic acids is 2. The third-order valence-electron chi connectivity index (χ3n) is 3.40. The largest absolute Gasteiger partial charge is 0.461 e. The number of thioether (sulfide) groups is 1. The number of furan rings is 1. The maximum Gasteiger partial charge on any atom is 0.279 e. The van der Waals surface area contributed by atoms with Crippen LogP contribution in [0.25, 0.3) is 11.5 Å².